The Morgan fingerprint density at radius 2 is 1.31 bits per heavy atom. The van der Waals surface area contributed by atoms with Gasteiger partial charge in [0.15, 0.2) is 0 Å². The normalized spacial score (nSPS) is 15.9. The Bertz CT molecular complexity index is 178. The Balaban J connectivity index is 3.38. The summed E-state index contributed by atoms with van der Waals surface area (Å²) in [4.78, 5) is 0. The molecule has 0 aliphatic carbocycles. The van der Waals surface area contributed by atoms with Gasteiger partial charge in [-0.25, -0.2) is 0 Å². The lowest BCUT2D eigenvalue weighted by Crippen LogP contribution is -2.05. The average Bonchev–Trinajstić information content (AvgIpc) is 2.28. The number of alkyl halides is 4. The predicted octanol–water partition coefficient (Wildman–Crippen LogP) is 4.15. The van der Waals surface area contributed by atoms with E-state index >= 15 is 0 Å². The van der Waals surface area contributed by atoms with Crippen LogP contribution in [0.4, 0.5) is 0 Å². The molecule has 16 heavy (non-hydrogen) atoms. The third-order valence-electron chi connectivity index (χ3n) is 1.59. The fraction of sp³-hybridized carbons (Fsp3) is 1.00. The molecule has 2 unspecified atom stereocenters. The maximum absolute atomic E-state index is 11.1. The quantitative estimate of drug-likeness (QED) is 0.446. The second-order valence-corrected chi connectivity index (χ2v) is 5.79. The van der Waals surface area contributed by atoms with Crippen molar-refractivity contribution in [1.29, 1.82) is 0 Å². The molecule has 0 heterocycles. The SMILES string of the molecule is O=[P+](OCCC(Cl)CCl)OCCC(Cl)CCl. The maximum Gasteiger partial charge on any atom is 0.697 e. The lowest BCUT2D eigenvalue weighted by atomic mass is 10.3. The maximum atomic E-state index is 11.1. The van der Waals surface area contributed by atoms with Gasteiger partial charge in [0, 0.05) is 27.1 Å². The molecular weight excluding hydrogens is 317 g/mol. The molecule has 96 valence electrons. The van der Waals surface area contributed by atoms with Gasteiger partial charge in [-0.3, -0.25) is 0 Å². The standard InChI is InChI=1S/C8H14Cl4O3P/c9-5-7(11)1-3-14-16(13)15-4-2-8(12)6-10/h7-8H,1-6H2/q+1. The largest absolute Gasteiger partial charge is 0.697 e. The van der Waals surface area contributed by atoms with E-state index in [1.807, 2.05) is 0 Å². The van der Waals surface area contributed by atoms with Gasteiger partial charge >= 0.3 is 8.25 Å². The van der Waals surface area contributed by atoms with Gasteiger partial charge in [0.2, 0.25) is 0 Å². The summed E-state index contributed by atoms with van der Waals surface area (Å²) in [5.74, 6) is 0.679. The predicted molar refractivity (Wildman–Crippen MR) is 69.5 cm³/mol. The van der Waals surface area contributed by atoms with Crippen LogP contribution in [0.5, 0.6) is 0 Å². The van der Waals surface area contributed by atoms with Crippen molar-refractivity contribution in [2.75, 3.05) is 25.0 Å². The Morgan fingerprint density at radius 1 is 0.938 bits per heavy atom. The zero-order chi connectivity index (χ0) is 12.4. The minimum atomic E-state index is -2.11. The lowest BCUT2D eigenvalue weighted by Gasteiger charge is -2.01. The first kappa shape index (κ1) is 17.2. The Hall–Kier alpha value is 1.18. The van der Waals surface area contributed by atoms with Crippen LogP contribution in [-0.2, 0) is 13.6 Å². The van der Waals surface area contributed by atoms with E-state index in [9.17, 15) is 4.57 Å². The van der Waals surface area contributed by atoms with E-state index in [0.717, 1.165) is 0 Å². The van der Waals surface area contributed by atoms with Crippen molar-refractivity contribution in [1.82, 2.24) is 0 Å². The van der Waals surface area contributed by atoms with Crippen molar-refractivity contribution in [3.63, 3.8) is 0 Å². The fourth-order valence-corrected chi connectivity index (χ4v) is 1.77. The fourth-order valence-electron chi connectivity index (χ4n) is 0.702. The molecule has 0 aliphatic rings. The zero-order valence-corrected chi connectivity index (χ0v) is 12.5. The van der Waals surface area contributed by atoms with Crippen molar-refractivity contribution in [2.45, 2.75) is 23.6 Å². The van der Waals surface area contributed by atoms with Gasteiger partial charge in [0.1, 0.15) is 13.2 Å². The Kier molecular flexibility index (Phi) is 12.1. The smallest absolute Gasteiger partial charge is 0.125 e. The minimum Gasteiger partial charge on any atom is -0.125 e. The summed E-state index contributed by atoms with van der Waals surface area (Å²) in [6.07, 6.45) is 1.07. The van der Waals surface area contributed by atoms with Crippen molar-refractivity contribution < 1.29 is 13.6 Å². The van der Waals surface area contributed by atoms with Crippen LogP contribution in [0.25, 0.3) is 0 Å². The van der Waals surface area contributed by atoms with Crippen LogP contribution >= 0.6 is 54.7 Å². The van der Waals surface area contributed by atoms with Crippen LogP contribution < -0.4 is 0 Å². The monoisotopic (exact) mass is 329 g/mol. The highest BCUT2D eigenvalue weighted by Crippen LogP contribution is 2.25. The first-order chi connectivity index (χ1) is 7.60. The molecule has 8 heteroatoms. The molecule has 0 amide bonds. The van der Waals surface area contributed by atoms with E-state index < -0.39 is 8.25 Å². The third kappa shape index (κ3) is 10.3. The summed E-state index contributed by atoms with van der Waals surface area (Å²) in [6, 6.07) is 0. The van der Waals surface area contributed by atoms with Crippen LogP contribution in [0.1, 0.15) is 12.8 Å². The van der Waals surface area contributed by atoms with Gasteiger partial charge in [-0.15, -0.1) is 55.5 Å². The third-order valence-corrected chi connectivity index (χ3v) is 4.18. The van der Waals surface area contributed by atoms with Crippen LogP contribution in [-0.4, -0.2) is 35.7 Å². The molecule has 0 spiro atoms. The van der Waals surface area contributed by atoms with Crippen molar-refractivity contribution in [3.8, 4) is 0 Å². The lowest BCUT2D eigenvalue weighted by molar-refractivity contribution is 0.222. The van der Waals surface area contributed by atoms with E-state index in [-0.39, 0.29) is 24.0 Å². The second-order valence-electron chi connectivity index (χ2n) is 2.97. The summed E-state index contributed by atoms with van der Waals surface area (Å²) < 4.78 is 20.9. The van der Waals surface area contributed by atoms with Crippen LogP contribution in [0.15, 0.2) is 0 Å². The van der Waals surface area contributed by atoms with Gasteiger partial charge in [0.05, 0.1) is 0 Å². The van der Waals surface area contributed by atoms with Crippen LogP contribution in [0, 0.1) is 0 Å². The molecule has 0 radical (unpaired) electrons. The number of hydrogen-bond acceptors (Lipinski definition) is 3. The van der Waals surface area contributed by atoms with Gasteiger partial charge in [0.25, 0.3) is 0 Å². The molecule has 0 saturated heterocycles. The van der Waals surface area contributed by atoms with Crippen molar-refractivity contribution in [3.05, 3.63) is 0 Å². The minimum absolute atomic E-state index is 0.173. The molecule has 0 bridgehead atoms. The molecule has 0 saturated carbocycles. The first-order valence-corrected chi connectivity index (χ1v) is 7.77. The molecule has 0 rings (SSSR count). The van der Waals surface area contributed by atoms with Gasteiger partial charge in [-0.2, -0.15) is 0 Å². The molecule has 0 N–H and O–H groups in total. The van der Waals surface area contributed by atoms with E-state index in [4.69, 9.17) is 55.5 Å². The van der Waals surface area contributed by atoms with Crippen molar-refractivity contribution >= 4 is 54.7 Å². The Labute approximate surface area is 117 Å². The molecule has 2 atom stereocenters. The highest BCUT2D eigenvalue weighted by Gasteiger charge is 2.21. The molecule has 0 fully saturated rings. The van der Waals surface area contributed by atoms with Crippen LogP contribution in [0.2, 0.25) is 0 Å². The van der Waals surface area contributed by atoms with E-state index in [1.54, 1.807) is 0 Å². The second kappa shape index (κ2) is 11.3. The topological polar surface area (TPSA) is 35.5 Å². The van der Waals surface area contributed by atoms with Gasteiger partial charge in [-0.05, 0) is 12.8 Å². The van der Waals surface area contributed by atoms with E-state index in [2.05, 4.69) is 0 Å². The molecular formula is C8H14Cl4O3P+. The van der Waals surface area contributed by atoms with Crippen LogP contribution in [0.3, 0.4) is 0 Å². The summed E-state index contributed by atoms with van der Waals surface area (Å²) in [6.45, 7) is 0.520. The molecule has 0 aromatic carbocycles. The molecule has 0 aromatic rings. The highest BCUT2D eigenvalue weighted by atomic mass is 35.5. The number of rotatable bonds is 10. The molecule has 0 aliphatic heterocycles. The molecule has 0 aromatic heterocycles. The number of halogens is 4. The van der Waals surface area contributed by atoms with E-state index in [1.165, 1.54) is 0 Å². The molecule has 3 nitrogen and oxygen atoms in total. The van der Waals surface area contributed by atoms with E-state index in [0.29, 0.717) is 24.6 Å². The summed E-state index contributed by atoms with van der Waals surface area (Å²) in [5, 5.41) is -0.345. The Morgan fingerprint density at radius 3 is 1.62 bits per heavy atom. The van der Waals surface area contributed by atoms with Gasteiger partial charge < -0.3 is 0 Å². The number of hydrogen-bond donors (Lipinski definition) is 0. The first-order valence-electron chi connectivity index (χ1n) is 4.73. The summed E-state index contributed by atoms with van der Waals surface area (Å²) in [5.41, 5.74) is 0. The van der Waals surface area contributed by atoms with Gasteiger partial charge in [-0.1, -0.05) is 0 Å². The summed E-state index contributed by atoms with van der Waals surface area (Å²) in [7, 11) is -2.11. The average molecular weight is 331 g/mol. The highest BCUT2D eigenvalue weighted by molar-refractivity contribution is 7.33. The van der Waals surface area contributed by atoms with Crippen molar-refractivity contribution in [2.24, 2.45) is 0 Å². The zero-order valence-electron chi connectivity index (χ0n) is 8.58. The summed E-state index contributed by atoms with van der Waals surface area (Å²) >= 11 is 22.4.